The molecule has 0 aliphatic rings. The molecule has 1 heterocycles. The summed E-state index contributed by atoms with van der Waals surface area (Å²) in [6.45, 7) is 2.67. The number of nitrogens with zero attached hydrogens (tertiary/aromatic N) is 3. The smallest absolute Gasteiger partial charge is 0.347 e. The maximum absolute atomic E-state index is 11.7. The Bertz CT molecular complexity index is 475. The molecule has 0 bridgehead atoms. The molecule has 0 aliphatic carbocycles. The van der Waals surface area contributed by atoms with Crippen LogP contribution in [0.1, 0.15) is 39.0 Å². The normalized spacial score (nSPS) is 10.7. The largest absolute Gasteiger partial charge is 0.378 e. The van der Waals surface area contributed by atoms with Crippen molar-refractivity contribution in [3.8, 4) is 0 Å². The van der Waals surface area contributed by atoms with Crippen LogP contribution in [0.3, 0.4) is 0 Å². The minimum absolute atomic E-state index is 0.124. The fourth-order valence-electron chi connectivity index (χ4n) is 1.66. The van der Waals surface area contributed by atoms with Crippen molar-refractivity contribution >= 4 is 5.82 Å². The number of aromatic nitrogens is 3. The lowest BCUT2D eigenvalue weighted by Crippen LogP contribution is -2.41. The van der Waals surface area contributed by atoms with E-state index in [1.54, 1.807) is 0 Å². The summed E-state index contributed by atoms with van der Waals surface area (Å²) in [5, 5.41) is 3.80. The molecule has 17 heavy (non-hydrogen) atoms. The quantitative estimate of drug-likeness (QED) is 0.734. The first-order valence-corrected chi connectivity index (χ1v) is 6.01. The van der Waals surface area contributed by atoms with E-state index in [0.29, 0.717) is 6.54 Å². The number of hydrogen-bond donors (Lipinski definition) is 1. The van der Waals surface area contributed by atoms with Gasteiger partial charge in [0, 0.05) is 13.6 Å². The van der Waals surface area contributed by atoms with Gasteiger partial charge in [-0.3, -0.25) is 9.36 Å². The second kappa shape index (κ2) is 6.22. The molecular weight excluding hydrogens is 220 g/mol. The zero-order valence-corrected chi connectivity index (χ0v) is 10.5. The van der Waals surface area contributed by atoms with E-state index in [0.717, 1.165) is 23.8 Å². The Kier molecular flexibility index (Phi) is 4.93. The molecule has 6 nitrogen and oxygen atoms in total. The first-order chi connectivity index (χ1) is 8.07. The molecule has 0 saturated heterocycles. The molecule has 1 aromatic heterocycles. The molecule has 0 saturated carbocycles. The molecule has 0 aliphatic heterocycles. The molecule has 1 rings (SSSR count). The number of hydrogen-bond acceptors (Lipinski definition) is 4. The van der Waals surface area contributed by atoms with Crippen LogP contribution in [-0.4, -0.2) is 14.3 Å². The topological polar surface area (TPSA) is 82.9 Å². The Labute approximate surface area is 100 Å². The van der Waals surface area contributed by atoms with Gasteiger partial charge in [-0.25, -0.2) is 9.48 Å². The summed E-state index contributed by atoms with van der Waals surface area (Å²) < 4.78 is 2.26. The van der Waals surface area contributed by atoms with Crippen LogP contribution in [0.2, 0.25) is 0 Å². The van der Waals surface area contributed by atoms with Gasteiger partial charge in [-0.15, -0.1) is 5.10 Å². The standard InChI is InChI=1S/C11H20N4O2/c1-3-4-5-6-7-8-15-11(17)14(2)10(16)9(12)13-15/h3-8H2,1-2H3,(H2,12,13). The summed E-state index contributed by atoms with van der Waals surface area (Å²) in [7, 11) is 1.41. The van der Waals surface area contributed by atoms with Crippen LogP contribution in [0.15, 0.2) is 9.59 Å². The van der Waals surface area contributed by atoms with Gasteiger partial charge in [0.1, 0.15) is 0 Å². The lowest BCUT2D eigenvalue weighted by Gasteiger charge is -2.06. The molecule has 0 aromatic carbocycles. The van der Waals surface area contributed by atoms with E-state index in [-0.39, 0.29) is 5.82 Å². The number of anilines is 1. The van der Waals surface area contributed by atoms with Crippen LogP contribution in [0, 0.1) is 0 Å². The summed E-state index contributed by atoms with van der Waals surface area (Å²) in [5.74, 6) is -0.124. The Balaban J connectivity index is 2.66. The van der Waals surface area contributed by atoms with E-state index in [4.69, 9.17) is 5.73 Å². The molecule has 6 heteroatoms. The Hall–Kier alpha value is -1.59. The predicted octanol–water partition coefficient (Wildman–Crippen LogP) is 0.495. The average Bonchev–Trinajstić information content (AvgIpc) is 2.32. The van der Waals surface area contributed by atoms with Crippen LogP contribution in [-0.2, 0) is 13.6 Å². The van der Waals surface area contributed by atoms with Gasteiger partial charge in [-0.05, 0) is 6.42 Å². The van der Waals surface area contributed by atoms with E-state index in [1.165, 1.54) is 24.6 Å². The first-order valence-electron chi connectivity index (χ1n) is 6.01. The lowest BCUT2D eigenvalue weighted by atomic mass is 10.1. The van der Waals surface area contributed by atoms with E-state index in [9.17, 15) is 9.59 Å². The predicted molar refractivity (Wildman–Crippen MR) is 66.9 cm³/mol. The molecule has 1 aromatic rings. The third-order valence-corrected chi connectivity index (χ3v) is 2.73. The maximum atomic E-state index is 11.7. The van der Waals surface area contributed by atoms with E-state index < -0.39 is 11.2 Å². The van der Waals surface area contributed by atoms with Crippen LogP contribution in [0.4, 0.5) is 5.82 Å². The Morgan fingerprint density at radius 1 is 1.18 bits per heavy atom. The lowest BCUT2D eigenvalue weighted by molar-refractivity contribution is 0.484. The van der Waals surface area contributed by atoms with Gasteiger partial charge in [0.25, 0.3) is 5.56 Å². The van der Waals surface area contributed by atoms with Crippen LogP contribution >= 0.6 is 0 Å². The number of unbranched alkanes of at least 4 members (excludes halogenated alkanes) is 4. The SMILES string of the molecule is CCCCCCCn1nc(N)c(=O)n(C)c1=O. The first kappa shape index (κ1) is 13.5. The van der Waals surface area contributed by atoms with Crippen molar-refractivity contribution in [1.82, 2.24) is 14.3 Å². The van der Waals surface area contributed by atoms with Crippen molar-refractivity contribution in [2.24, 2.45) is 7.05 Å². The monoisotopic (exact) mass is 240 g/mol. The number of rotatable bonds is 6. The zero-order chi connectivity index (χ0) is 12.8. The summed E-state index contributed by atoms with van der Waals surface area (Å²) in [4.78, 5) is 23.0. The second-order valence-electron chi connectivity index (χ2n) is 4.17. The van der Waals surface area contributed by atoms with Crippen LogP contribution in [0.5, 0.6) is 0 Å². The fourth-order valence-corrected chi connectivity index (χ4v) is 1.66. The third kappa shape index (κ3) is 3.44. The number of nitrogens with two attached hydrogens (primary N) is 1. The Morgan fingerprint density at radius 2 is 1.82 bits per heavy atom. The van der Waals surface area contributed by atoms with Crippen molar-refractivity contribution in [3.05, 3.63) is 20.8 Å². The van der Waals surface area contributed by atoms with Gasteiger partial charge in [-0.1, -0.05) is 32.6 Å². The van der Waals surface area contributed by atoms with Gasteiger partial charge >= 0.3 is 5.69 Å². The highest BCUT2D eigenvalue weighted by atomic mass is 16.2. The zero-order valence-electron chi connectivity index (χ0n) is 10.5. The maximum Gasteiger partial charge on any atom is 0.347 e. The highest BCUT2D eigenvalue weighted by Gasteiger charge is 2.06. The van der Waals surface area contributed by atoms with Crippen molar-refractivity contribution in [2.75, 3.05) is 5.73 Å². The number of nitrogen functional groups attached to an aromatic ring is 1. The Morgan fingerprint density at radius 3 is 2.47 bits per heavy atom. The van der Waals surface area contributed by atoms with Gasteiger partial charge in [-0.2, -0.15) is 0 Å². The van der Waals surface area contributed by atoms with Crippen molar-refractivity contribution < 1.29 is 0 Å². The average molecular weight is 240 g/mol. The number of aryl methyl sites for hydroxylation is 1. The molecule has 0 fully saturated rings. The summed E-state index contributed by atoms with van der Waals surface area (Å²) in [6, 6.07) is 0. The molecule has 0 spiro atoms. The minimum Gasteiger partial charge on any atom is -0.378 e. The van der Waals surface area contributed by atoms with Gasteiger partial charge in [0.15, 0.2) is 0 Å². The van der Waals surface area contributed by atoms with E-state index in [2.05, 4.69) is 12.0 Å². The van der Waals surface area contributed by atoms with Crippen LogP contribution in [0.25, 0.3) is 0 Å². The molecule has 0 atom stereocenters. The minimum atomic E-state index is -0.530. The van der Waals surface area contributed by atoms with E-state index >= 15 is 0 Å². The van der Waals surface area contributed by atoms with Crippen molar-refractivity contribution in [2.45, 2.75) is 45.6 Å². The highest BCUT2D eigenvalue weighted by Crippen LogP contribution is 2.02. The molecule has 96 valence electrons. The molecule has 0 amide bonds. The molecular formula is C11H20N4O2. The third-order valence-electron chi connectivity index (χ3n) is 2.73. The molecule has 0 radical (unpaired) electrons. The van der Waals surface area contributed by atoms with Gasteiger partial charge < -0.3 is 5.73 Å². The van der Waals surface area contributed by atoms with Gasteiger partial charge in [0.05, 0.1) is 0 Å². The second-order valence-corrected chi connectivity index (χ2v) is 4.17. The summed E-state index contributed by atoms with van der Waals surface area (Å²) in [5.41, 5.74) is 4.50. The molecule has 0 unspecified atom stereocenters. The summed E-state index contributed by atoms with van der Waals surface area (Å²) >= 11 is 0. The highest BCUT2D eigenvalue weighted by molar-refractivity contribution is 5.20. The van der Waals surface area contributed by atoms with Gasteiger partial charge in [0.2, 0.25) is 5.82 Å². The van der Waals surface area contributed by atoms with Crippen molar-refractivity contribution in [3.63, 3.8) is 0 Å². The molecule has 2 N–H and O–H groups in total. The van der Waals surface area contributed by atoms with Crippen LogP contribution < -0.4 is 17.0 Å². The van der Waals surface area contributed by atoms with Crippen molar-refractivity contribution in [1.29, 1.82) is 0 Å². The van der Waals surface area contributed by atoms with E-state index in [1.807, 2.05) is 0 Å². The fraction of sp³-hybridized carbons (Fsp3) is 0.727. The summed E-state index contributed by atoms with van der Waals surface area (Å²) in [6.07, 6.45) is 5.49.